The molecule has 1 aliphatic rings. The zero-order valence-corrected chi connectivity index (χ0v) is 15.9. The molecule has 1 unspecified atom stereocenters. The summed E-state index contributed by atoms with van der Waals surface area (Å²) >= 11 is 0. The quantitative estimate of drug-likeness (QED) is 0.491. The van der Waals surface area contributed by atoms with Crippen molar-refractivity contribution in [3.63, 3.8) is 0 Å². The number of carbonyl (C=O) groups is 1. The van der Waals surface area contributed by atoms with Crippen molar-refractivity contribution in [1.29, 1.82) is 0 Å². The van der Waals surface area contributed by atoms with Crippen molar-refractivity contribution in [3.8, 4) is 5.75 Å². The molecule has 1 atom stereocenters. The minimum absolute atomic E-state index is 0.299. The molecule has 0 amide bonds. The van der Waals surface area contributed by atoms with Gasteiger partial charge in [-0.05, 0) is 82.5 Å². The van der Waals surface area contributed by atoms with Crippen LogP contribution in [-0.4, -0.2) is 11.4 Å². The lowest BCUT2D eigenvalue weighted by atomic mass is 9.89. The van der Waals surface area contributed by atoms with E-state index in [2.05, 4.69) is 18.2 Å². The van der Waals surface area contributed by atoms with Crippen LogP contribution in [0.25, 0.3) is 5.57 Å². The van der Waals surface area contributed by atoms with E-state index in [4.69, 9.17) is 5.73 Å². The molecule has 0 radical (unpaired) electrons. The second kappa shape index (κ2) is 7.45. The minimum atomic E-state index is -0.306. The third-order valence-electron chi connectivity index (χ3n) is 5.53. The predicted molar refractivity (Wildman–Crippen MR) is 112 cm³/mol. The molecule has 3 heteroatoms. The Kier molecular flexibility index (Phi) is 4.84. The maximum absolute atomic E-state index is 11.4. The first kappa shape index (κ1) is 18.2. The largest absolute Gasteiger partial charge is 0.508 e. The first-order valence-electron chi connectivity index (χ1n) is 9.50. The molecule has 140 valence electrons. The Bertz CT molecular complexity index is 1080. The van der Waals surface area contributed by atoms with Crippen molar-refractivity contribution in [2.24, 2.45) is 5.73 Å². The van der Waals surface area contributed by atoms with E-state index in [9.17, 15) is 9.90 Å². The van der Waals surface area contributed by atoms with E-state index in [1.165, 1.54) is 0 Å². The third kappa shape index (κ3) is 3.37. The summed E-state index contributed by atoms with van der Waals surface area (Å²) in [5.74, 6) is 0.299. The summed E-state index contributed by atoms with van der Waals surface area (Å²) < 4.78 is 0. The highest BCUT2D eigenvalue weighted by Gasteiger charge is 2.16. The lowest BCUT2D eigenvalue weighted by molar-refractivity contribution is -0.104. The Labute approximate surface area is 165 Å². The van der Waals surface area contributed by atoms with E-state index in [-0.39, 0.29) is 6.04 Å². The number of aryl methyl sites for hydroxylation is 3. The number of phenolic OH excluding ortho intramolecular Hbond substituents is 1. The summed E-state index contributed by atoms with van der Waals surface area (Å²) in [5.41, 5.74) is 14.6. The number of phenols is 1. The first-order chi connectivity index (χ1) is 13.6. The molecule has 3 aromatic rings. The highest BCUT2D eigenvalue weighted by molar-refractivity contribution is 5.90. The van der Waals surface area contributed by atoms with Crippen molar-refractivity contribution in [3.05, 3.63) is 106 Å². The summed E-state index contributed by atoms with van der Waals surface area (Å²) in [6, 6.07) is 19.7. The molecule has 0 fully saturated rings. The predicted octanol–water partition coefficient (Wildman–Crippen LogP) is 4.48. The van der Waals surface area contributed by atoms with Crippen LogP contribution in [0.1, 0.15) is 45.0 Å². The van der Waals surface area contributed by atoms with E-state index in [1.54, 1.807) is 12.1 Å². The number of carbonyl (C=O) groups excluding carboxylic acids is 1. The Hall–Kier alpha value is -3.17. The van der Waals surface area contributed by atoms with Crippen LogP contribution in [-0.2, 0) is 17.6 Å². The average Bonchev–Trinajstić information content (AvgIpc) is 2.71. The van der Waals surface area contributed by atoms with E-state index in [0.717, 1.165) is 63.6 Å². The van der Waals surface area contributed by atoms with Gasteiger partial charge in [-0.1, -0.05) is 48.5 Å². The number of nitrogens with two attached hydrogens (primary N) is 1. The lowest BCUT2D eigenvalue weighted by Crippen LogP contribution is -2.13. The number of aromatic hydroxyl groups is 1. The molecule has 6 bridgehead atoms. The van der Waals surface area contributed by atoms with Crippen LogP contribution in [0, 0.1) is 6.92 Å². The molecule has 0 aromatic heterocycles. The molecule has 1 aliphatic carbocycles. The standard InChI is InChI=1S/C25H23NO2/c1-16-5-7-21-15-23(16)22(11-12-27)18-4-2-3-17(13-18)6-8-19-14-20(25(21)26)9-10-24(19)28/h2-5,7,9-15,25,28H,6,8,26H2,1H3/b22-11-. The lowest BCUT2D eigenvalue weighted by Gasteiger charge is -2.18. The molecule has 3 nitrogen and oxygen atoms in total. The van der Waals surface area contributed by atoms with Gasteiger partial charge in [0.15, 0.2) is 0 Å². The fraction of sp³-hybridized carbons (Fsp3) is 0.160. The van der Waals surface area contributed by atoms with Crippen molar-refractivity contribution in [2.45, 2.75) is 25.8 Å². The molecule has 28 heavy (non-hydrogen) atoms. The number of allylic oxidation sites excluding steroid dienone is 1. The van der Waals surface area contributed by atoms with Crippen LogP contribution >= 0.6 is 0 Å². The number of benzene rings is 3. The van der Waals surface area contributed by atoms with Crippen LogP contribution in [0.4, 0.5) is 0 Å². The summed E-state index contributed by atoms with van der Waals surface area (Å²) in [7, 11) is 0. The molecule has 4 rings (SSSR count). The number of fused-ring (bicyclic) bond motifs is 6. The van der Waals surface area contributed by atoms with Crippen LogP contribution in [0.15, 0.2) is 66.7 Å². The van der Waals surface area contributed by atoms with E-state index >= 15 is 0 Å². The number of hydrogen-bond acceptors (Lipinski definition) is 3. The fourth-order valence-electron chi connectivity index (χ4n) is 3.90. The maximum Gasteiger partial charge on any atom is 0.143 e. The van der Waals surface area contributed by atoms with E-state index in [1.807, 2.05) is 43.3 Å². The van der Waals surface area contributed by atoms with Crippen LogP contribution in [0.3, 0.4) is 0 Å². The normalized spacial score (nSPS) is 17.4. The Morgan fingerprint density at radius 2 is 1.79 bits per heavy atom. The maximum atomic E-state index is 11.4. The minimum Gasteiger partial charge on any atom is -0.508 e. The number of rotatable bonds is 1. The molecule has 0 saturated carbocycles. The molecule has 0 aliphatic heterocycles. The van der Waals surface area contributed by atoms with Crippen molar-refractivity contribution in [2.75, 3.05) is 0 Å². The van der Waals surface area contributed by atoms with E-state index in [0.29, 0.717) is 5.75 Å². The van der Waals surface area contributed by atoms with Gasteiger partial charge in [-0.2, -0.15) is 0 Å². The second-order valence-electron chi connectivity index (χ2n) is 7.36. The Morgan fingerprint density at radius 1 is 1.00 bits per heavy atom. The highest BCUT2D eigenvalue weighted by Crippen LogP contribution is 2.32. The number of aldehydes is 1. The monoisotopic (exact) mass is 369 g/mol. The van der Waals surface area contributed by atoms with Gasteiger partial charge in [0.25, 0.3) is 0 Å². The summed E-state index contributed by atoms with van der Waals surface area (Å²) in [6.07, 6.45) is 3.99. The van der Waals surface area contributed by atoms with Crippen molar-refractivity contribution in [1.82, 2.24) is 0 Å². The van der Waals surface area contributed by atoms with Gasteiger partial charge in [-0.25, -0.2) is 0 Å². The molecule has 0 saturated heterocycles. The van der Waals surface area contributed by atoms with Gasteiger partial charge in [0, 0.05) is 0 Å². The average molecular weight is 369 g/mol. The van der Waals surface area contributed by atoms with Gasteiger partial charge in [0.05, 0.1) is 6.04 Å². The summed E-state index contributed by atoms with van der Waals surface area (Å²) in [6.45, 7) is 2.05. The molecule has 0 spiro atoms. The Morgan fingerprint density at radius 3 is 2.61 bits per heavy atom. The molecule has 0 heterocycles. The van der Waals surface area contributed by atoms with Gasteiger partial charge in [-0.15, -0.1) is 0 Å². The Balaban J connectivity index is 1.98. The topological polar surface area (TPSA) is 63.3 Å². The van der Waals surface area contributed by atoms with Crippen LogP contribution < -0.4 is 5.73 Å². The van der Waals surface area contributed by atoms with Gasteiger partial charge < -0.3 is 10.8 Å². The van der Waals surface area contributed by atoms with Crippen LogP contribution in [0.2, 0.25) is 0 Å². The molecule has 3 aromatic carbocycles. The van der Waals surface area contributed by atoms with Crippen LogP contribution in [0.5, 0.6) is 5.75 Å². The van der Waals surface area contributed by atoms with Gasteiger partial charge in [0.2, 0.25) is 0 Å². The SMILES string of the molecule is Cc1ccc2cc1/C(=C\C=O)c1cccc(c1)CCc1cc(ccc1O)C2N. The molecule has 3 N–H and O–H groups in total. The van der Waals surface area contributed by atoms with E-state index < -0.39 is 0 Å². The second-order valence-corrected chi connectivity index (χ2v) is 7.36. The molecular weight excluding hydrogens is 346 g/mol. The first-order valence-corrected chi connectivity index (χ1v) is 9.50. The smallest absolute Gasteiger partial charge is 0.143 e. The van der Waals surface area contributed by atoms with Gasteiger partial charge in [0.1, 0.15) is 12.0 Å². The summed E-state index contributed by atoms with van der Waals surface area (Å²) in [4.78, 5) is 11.4. The zero-order valence-electron chi connectivity index (χ0n) is 15.9. The number of hydrogen-bond donors (Lipinski definition) is 2. The van der Waals surface area contributed by atoms with Crippen molar-refractivity contribution < 1.29 is 9.90 Å². The highest BCUT2D eigenvalue weighted by atomic mass is 16.3. The summed E-state index contributed by atoms with van der Waals surface area (Å²) in [5, 5.41) is 10.3. The fourth-order valence-corrected chi connectivity index (χ4v) is 3.90. The third-order valence-corrected chi connectivity index (χ3v) is 5.53. The van der Waals surface area contributed by atoms with Crippen molar-refractivity contribution >= 4 is 11.9 Å². The van der Waals surface area contributed by atoms with Gasteiger partial charge in [-0.3, -0.25) is 4.79 Å². The van der Waals surface area contributed by atoms with Gasteiger partial charge >= 0.3 is 0 Å². The molecular formula is C25H23NO2. The zero-order chi connectivity index (χ0) is 19.7.